The van der Waals surface area contributed by atoms with Crippen molar-refractivity contribution in [2.75, 3.05) is 17.2 Å². The number of anilines is 2. The van der Waals surface area contributed by atoms with Gasteiger partial charge in [-0.15, -0.1) is 23.1 Å². The Bertz CT molecular complexity index is 1660. The molecule has 1 atom stereocenters. The zero-order chi connectivity index (χ0) is 28.9. The second kappa shape index (κ2) is 12.4. The molecular weight excluding hydrogens is 553 g/mol. The van der Waals surface area contributed by atoms with Crippen LogP contribution in [0.15, 0.2) is 83.8 Å². The minimum Gasteiger partial charge on any atom is -0.337 e. The lowest BCUT2D eigenvalue weighted by atomic mass is 10.0. The Kier molecular flexibility index (Phi) is 8.53. The highest BCUT2D eigenvalue weighted by Crippen LogP contribution is 2.40. The fraction of sp³-hybridized carbons (Fsp3) is 0.188. The Morgan fingerprint density at radius 1 is 1.00 bits per heavy atom. The van der Waals surface area contributed by atoms with Gasteiger partial charge in [0, 0.05) is 34.5 Å². The number of nitriles is 1. The Labute approximate surface area is 247 Å². The summed E-state index contributed by atoms with van der Waals surface area (Å²) in [6.07, 6.45) is 0.585. The van der Waals surface area contributed by atoms with Gasteiger partial charge in [-0.2, -0.15) is 5.26 Å². The van der Waals surface area contributed by atoms with Crippen molar-refractivity contribution < 1.29 is 14.4 Å². The average Bonchev–Trinajstić information content (AvgIpc) is 3.32. The summed E-state index contributed by atoms with van der Waals surface area (Å²) in [4.78, 5) is 42.0. The van der Waals surface area contributed by atoms with Gasteiger partial charge in [0.25, 0.3) is 5.91 Å². The molecule has 206 valence electrons. The van der Waals surface area contributed by atoms with Crippen molar-refractivity contribution >= 4 is 51.5 Å². The van der Waals surface area contributed by atoms with Gasteiger partial charge in [-0.25, -0.2) is 0 Å². The highest BCUT2D eigenvalue weighted by atomic mass is 32.2. The molecule has 0 radical (unpaired) electrons. The smallest absolute Gasteiger partial charge is 0.255 e. The molecule has 5 rings (SSSR count). The van der Waals surface area contributed by atoms with Crippen LogP contribution in [0.3, 0.4) is 0 Å². The van der Waals surface area contributed by atoms with Crippen LogP contribution in [0.5, 0.6) is 0 Å². The lowest BCUT2D eigenvalue weighted by molar-refractivity contribution is -0.129. The average molecular weight is 581 g/mol. The second-order valence-corrected chi connectivity index (χ2v) is 12.0. The van der Waals surface area contributed by atoms with E-state index in [0.717, 1.165) is 26.5 Å². The van der Waals surface area contributed by atoms with Gasteiger partial charge >= 0.3 is 0 Å². The Balaban J connectivity index is 1.38. The molecule has 1 unspecified atom stereocenters. The zero-order valence-electron chi connectivity index (χ0n) is 22.6. The molecule has 0 fully saturated rings. The van der Waals surface area contributed by atoms with E-state index in [1.54, 1.807) is 11.0 Å². The number of thioether (sulfide) groups is 1. The monoisotopic (exact) mass is 580 g/mol. The number of thiophene rings is 1. The van der Waals surface area contributed by atoms with Gasteiger partial charge in [0.1, 0.15) is 16.3 Å². The number of hydrogen-bond acceptors (Lipinski definition) is 6. The predicted octanol–water partition coefficient (Wildman–Crippen LogP) is 6.56. The SMILES string of the molecule is CC(=O)N1CCc2c(sc(NC(=O)C(Sc3cccc(NC(=O)c4cccc(C)c4)c3)c3ccccc3)c2C#N)C1. The summed E-state index contributed by atoms with van der Waals surface area (Å²) >= 11 is 2.72. The van der Waals surface area contributed by atoms with Gasteiger partial charge in [0.15, 0.2) is 0 Å². The number of aryl methyl sites for hydroxylation is 1. The van der Waals surface area contributed by atoms with Crippen LogP contribution in [0.1, 0.15) is 49.7 Å². The van der Waals surface area contributed by atoms with Crippen LogP contribution >= 0.6 is 23.1 Å². The molecule has 7 nitrogen and oxygen atoms in total. The highest BCUT2D eigenvalue weighted by Gasteiger charge is 2.29. The van der Waals surface area contributed by atoms with Crippen LogP contribution in [-0.4, -0.2) is 29.2 Å². The largest absolute Gasteiger partial charge is 0.337 e. The van der Waals surface area contributed by atoms with Crippen molar-refractivity contribution in [3.05, 3.63) is 112 Å². The molecule has 41 heavy (non-hydrogen) atoms. The lowest BCUT2D eigenvalue weighted by Crippen LogP contribution is -2.33. The van der Waals surface area contributed by atoms with Crippen LogP contribution in [0, 0.1) is 18.3 Å². The molecule has 3 aromatic carbocycles. The third-order valence-corrected chi connectivity index (χ3v) is 9.20. The summed E-state index contributed by atoms with van der Waals surface area (Å²) in [5.41, 5.74) is 4.39. The number of hydrogen-bond donors (Lipinski definition) is 2. The first-order valence-corrected chi connectivity index (χ1v) is 14.8. The molecule has 0 spiro atoms. The first kappa shape index (κ1) is 28.1. The molecule has 1 aliphatic heterocycles. The van der Waals surface area contributed by atoms with Gasteiger partial charge in [0.05, 0.1) is 12.1 Å². The first-order valence-electron chi connectivity index (χ1n) is 13.1. The Morgan fingerprint density at radius 2 is 1.78 bits per heavy atom. The first-order chi connectivity index (χ1) is 19.8. The van der Waals surface area contributed by atoms with E-state index in [9.17, 15) is 19.6 Å². The van der Waals surface area contributed by atoms with Gasteiger partial charge in [-0.3, -0.25) is 14.4 Å². The molecule has 3 amide bonds. The molecule has 0 bridgehead atoms. The fourth-order valence-electron chi connectivity index (χ4n) is 4.73. The van der Waals surface area contributed by atoms with Crippen LogP contribution in [0.2, 0.25) is 0 Å². The number of carbonyl (C=O) groups excluding carboxylic acids is 3. The van der Waals surface area contributed by atoms with E-state index < -0.39 is 5.25 Å². The van der Waals surface area contributed by atoms with E-state index in [1.807, 2.05) is 79.7 Å². The number of benzene rings is 3. The van der Waals surface area contributed by atoms with Crippen molar-refractivity contribution in [1.82, 2.24) is 4.90 Å². The van der Waals surface area contributed by atoms with Gasteiger partial charge < -0.3 is 15.5 Å². The van der Waals surface area contributed by atoms with Gasteiger partial charge in [-0.05, 0) is 54.8 Å². The van der Waals surface area contributed by atoms with Crippen molar-refractivity contribution in [3.8, 4) is 6.07 Å². The molecule has 1 aliphatic rings. The normalized spacial score (nSPS) is 13.0. The summed E-state index contributed by atoms with van der Waals surface area (Å²) in [5, 5.41) is 15.8. The quantitative estimate of drug-likeness (QED) is 0.241. The van der Waals surface area contributed by atoms with Gasteiger partial charge in [0.2, 0.25) is 11.8 Å². The highest BCUT2D eigenvalue weighted by molar-refractivity contribution is 8.00. The summed E-state index contributed by atoms with van der Waals surface area (Å²) in [5.74, 6) is -0.470. The molecular formula is C32H28N4O3S2. The second-order valence-electron chi connectivity index (χ2n) is 9.76. The molecule has 0 saturated heterocycles. The molecule has 0 saturated carbocycles. The molecule has 0 aliphatic carbocycles. The number of carbonyl (C=O) groups is 3. The Hall–Kier alpha value is -4.39. The molecule has 4 aromatic rings. The molecule has 9 heteroatoms. The van der Waals surface area contributed by atoms with Crippen LogP contribution < -0.4 is 10.6 Å². The van der Waals surface area contributed by atoms with E-state index in [2.05, 4.69) is 16.7 Å². The maximum absolute atomic E-state index is 13.8. The molecule has 2 heterocycles. The van der Waals surface area contributed by atoms with Gasteiger partial charge in [-0.1, -0.05) is 54.1 Å². The maximum Gasteiger partial charge on any atom is 0.255 e. The van der Waals surface area contributed by atoms with Crippen LogP contribution in [0.4, 0.5) is 10.7 Å². The zero-order valence-corrected chi connectivity index (χ0v) is 24.3. The van der Waals surface area contributed by atoms with E-state index in [-0.39, 0.29) is 17.7 Å². The van der Waals surface area contributed by atoms with E-state index >= 15 is 0 Å². The molecule has 1 aromatic heterocycles. The number of rotatable bonds is 7. The summed E-state index contributed by atoms with van der Waals surface area (Å²) in [6, 6.07) is 26.5. The Morgan fingerprint density at radius 3 is 2.51 bits per heavy atom. The maximum atomic E-state index is 13.8. The van der Waals surface area contributed by atoms with Crippen molar-refractivity contribution in [3.63, 3.8) is 0 Å². The minimum absolute atomic E-state index is 0.00835. The predicted molar refractivity (Wildman–Crippen MR) is 163 cm³/mol. The van der Waals surface area contributed by atoms with Crippen molar-refractivity contribution in [2.24, 2.45) is 0 Å². The summed E-state index contributed by atoms with van der Waals surface area (Å²) < 4.78 is 0. The summed E-state index contributed by atoms with van der Waals surface area (Å²) in [7, 11) is 0. The van der Waals surface area contributed by atoms with E-state index in [1.165, 1.54) is 30.0 Å². The molecule has 2 N–H and O–H groups in total. The van der Waals surface area contributed by atoms with E-state index in [4.69, 9.17) is 0 Å². The number of amides is 3. The lowest BCUT2D eigenvalue weighted by Gasteiger charge is -2.25. The number of nitrogens with one attached hydrogen (secondary N) is 2. The van der Waals surface area contributed by atoms with E-state index in [0.29, 0.717) is 41.3 Å². The number of fused-ring (bicyclic) bond motifs is 1. The minimum atomic E-state index is -0.613. The number of nitrogens with zero attached hydrogens (tertiary/aromatic N) is 2. The van der Waals surface area contributed by atoms with Crippen LogP contribution in [-0.2, 0) is 22.6 Å². The third kappa shape index (κ3) is 6.51. The fourth-order valence-corrected chi connectivity index (χ4v) is 7.03. The van der Waals surface area contributed by atoms with Crippen LogP contribution in [0.25, 0.3) is 0 Å². The van der Waals surface area contributed by atoms with Crippen molar-refractivity contribution in [2.45, 2.75) is 37.0 Å². The third-order valence-electron chi connectivity index (χ3n) is 6.82. The standard InChI is InChI=1S/C32H28N4O3S2/c1-20-8-6-11-23(16-20)30(38)34-24-12-7-13-25(17-24)40-29(22-9-4-3-5-10-22)31(39)35-32-27(18-33)26-14-15-36(21(2)37)19-28(26)41-32/h3-13,16-17,29H,14-15,19H2,1-2H3,(H,34,38)(H,35,39). The topological polar surface area (TPSA) is 102 Å². The summed E-state index contributed by atoms with van der Waals surface area (Å²) in [6.45, 7) is 4.48. The van der Waals surface area contributed by atoms with Crippen molar-refractivity contribution in [1.29, 1.82) is 5.26 Å².